The quantitative estimate of drug-likeness (QED) is 0.802. The summed E-state index contributed by atoms with van der Waals surface area (Å²) in [6.45, 7) is 4.75. The molecule has 2 N–H and O–H groups in total. The first-order valence-electron chi connectivity index (χ1n) is 5.92. The number of sulfone groups is 1. The third-order valence-electron chi connectivity index (χ3n) is 3.60. The van der Waals surface area contributed by atoms with Gasteiger partial charge in [0.15, 0.2) is 9.84 Å². The van der Waals surface area contributed by atoms with E-state index in [1.54, 1.807) is 0 Å². The molecule has 0 heterocycles. The standard InChI is InChI=1S/C11H23NO2S/c1-3-6-15(13,14)11-5-4-10(8-12)9(2)7-11/h9-11H,3-8,12H2,1-2H3. The summed E-state index contributed by atoms with van der Waals surface area (Å²) < 4.78 is 23.8. The Bertz CT molecular complexity index is 287. The fourth-order valence-electron chi connectivity index (χ4n) is 2.54. The normalized spacial score (nSPS) is 32.9. The van der Waals surface area contributed by atoms with Crippen molar-refractivity contribution in [3.63, 3.8) is 0 Å². The molecule has 0 bridgehead atoms. The molecule has 0 aromatic heterocycles. The van der Waals surface area contributed by atoms with Crippen molar-refractivity contribution in [3.8, 4) is 0 Å². The molecule has 1 fully saturated rings. The van der Waals surface area contributed by atoms with Gasteiger partial charge in [0.05, 0.1) is 11.0 Å². The van der Waals surface area contributed by atoms with E-state index in [1.807, 2.05) is 6.92 Å². The van der Waals surface area contributed by atoms with Gasteiger partial charge >= 0.3 is 0 Å². The van der Waals surface area contributed by atoms with Crippen molar-refractivity contribution in [3.05, 3.63) is 0 Å². The number of hydrogen-bond acceptors (Lipinski definition) is 3. The molecule has 1 rings (SSSR count). The van der Waals surface area contributed by atoms with E-state index in [4.69, 9.17) is 5.73 Å². The third kappa shape index (κ3) is 3.18. The first-order chi connectivity index (χ1) is 7.01. The van der Waals surface area contributed by atoms with Crippen molar-refractivity contribution >= 4 is 9.84 Å². The molecular formula is C11H23NO2S. The average molecular weight is 233 g/mol. The maximum atomic E-state index is 11.9. The molecule has 0 amide bonds. The van der Waals surface area contributed by atoms with Gasteiger partial charge in [-0.05, 0) is 44.1 Å². The molecule has 3 nitrogen and oxygen atoms in total. The summed E-state index contributed by atoms with van der Waals surface area (Å²) in [4.78, 5) is 0. The lowest BCUT2D eigenvalue weighted by molar-refractivity contribution is 0.264. The highest BCUT2D eigenvalue weighted by atomic mass is 32.2. The molecule has 4 heteroatoms. The van der Waals surface area contributed by atoms with Gasteiger partial charge in [0.25, 0.3) is 0 Å². The lowest BCUT2D eigenvalue weighted by Crippen LogP contribution is -2.35. The van der Waals surface area contributed by atoms with Crippen LogP contribution in [0, 0.1) is 11.8 Å². The SMILES string of the molecule is CCCS(=O)(=O)C1CCC(CN)C(C)C1. The first kappa shape index (κ1) is 13.0. The number of rotatable bonds is 4. The molecule has 0 aromatic rings. The fraction of sp³-hybridized carbons (Fsp3) is 1.00. The van der Waals surface area contributed by atoms with E-state index in [2.05, 4.69) is 6.92 Å². The lowest BCUT2D eigenvalue weighted by Gasteiger charge is -2.33. The van der Waals surface area contributed by atoms with Gasteiger partial charge < -0.3 is 5.73 Å². The van der Waals surface area contributed by atoms with Crippen LogP contribution in [0.5, 0.6) is 0 Å². The van der Waals surface area contributed by atoms with E-state index >= 15 is 0 Å². The maximum Gasteiger partial charge on any atom is 0.153 e. The zero-order valence-electron chi connectivity index (χ0n) is 9.78. The Labute approximate surface area is 93.3 Å². The van der Waals surface area contributed by atoms with Gasteiger partial charge in [0.1, 0.15) is 0 Å². The van der Waals surface area contributed by atoms with Gasteiger partial charge in [-0.25, -0.2) is 8.42 Å². The molecule has 1 saturated carbocycles. The second kappa shape index (κ2) is 5.30. The Balaban J connectivity index is 2.61. The third-order valence-corrected chi connectivity index (χ3v) is 6.02. The smallest absolute Gasteiger partial charge is 0.153 e. The second-order valence-corrected chi connectivity index (χ2v) is 7.18. The molecule has 0 aromatic carbocycles. The largest absolute Gasteiger partial charge is 0.330 e. The van der Waals surface area contributed by atoms with Crippen molar-refractivity contribution in [2.24, 2.45) is 17.6 Å². The molecule has 3 unspecified atom stereocenters. The van der Waals surface area contributed by atoms with Crippen LogP contribution < -0.4 is 5.73 Å². The highest BCUT2D eigenvalue weighted by molar-refractivity contribution is 7.92. The molecule has 0 spiro atoms. The summed E-state index contributed by atoms with van der Waals surface area (Å²) in [6, 6.07) is 0. The Hall–Kier alpha value is -0.0900. The first-order valence-corrected chi connectivity index (χ1v) is 7.64. The number of hydrogen-bond donors (Lipinski definition) is 1. The molecule has 90 valence electrons. The fourth-order valence-corrected chi connectivity index (χ4v) is 4.53. The van der Waals surface area contributed by atoms with E-state index in [0.717, 1.165) is 25.7 Å². The minimum absolute atomic E-state index is 0.102. The van der Waals surface area contributed by atoms with Gasteiger partial charge in [-0.2, -0.15) is 0 Å². The summed E-state index contributed by atoms with van der Waals surface area (Å²) in [5, 5.41) is -0.102. The van der Waals surface area contributed by atoms with Crippen LogP contribution in [0.15, 0.2) is 0 Å². The van der Waals surface area contributed by atoms with Crippen molar-refractivity contribution in [1.29, 1.82) is 0 Å². The van der Waals surface area contributed by atoms with Crippen LogP contribution in [0.4, 0.5) is 0 Å². The van der Waals surface area contributed by atoms with E-state index < -0.39 is 9.84 Å². The van der Waals surface area contributed by atoms with Crippen LogP contribution in [-0.4, -0.2) is 26.0 Å². The van der Waals surface area contributed by atoms with Crippen LogP contribution >= 0.6 is 0 Å². The van der Waals surface area contributed by atoms with Crippen LogP contribution in [0.2, 0.25) is 0 Å². The minimum Gasteiger partial charge on any atom is -0.330 e. The zero-order valence-corrected chi connectivity index (χ0v) is 10.6. The lowest BCUT2D eigenvalue weighted by atomic mass is 9.80. The Morgan fingerprint density at radius 3 is 2.47 bits per heavy atom. The Kier molecular flexibility index (Phi) is 4.59. The van der Waals surface area contributed by atoms with Crippen molar-refractivity contribution in [2.45, 2.75) is 44.8 Å². The van der Waals surface area contributed by atoms with Crippen molar-refractivity contribution < 1.29 is 8.42 Å². The monoisotopic (exact) mass is 233 g/mol. The van der Waals surface area contributed by atoms with Gasteiger partial charge in [0, 0.05) is 0 Å². The highest BCUT2D eigenvalue weighted by Crippen LogP contribution is 2.33. The predicted molar refractivity (Wildman–Crippen MR) is 63.4 cm³/mol. The van der Waals surface area contributed by atoms with E-state index in [9.17, 15) is 8.42 Å². The van der Waals surface area contributed by atoms with E-state index in [-0.39, 0.29) is 5.25 Å². The molecule has 1 aliphatic rings. The summed E-state index contributed by atoms with van der Waals surface area (Å²) in [5.74, 6) is 1.33. The second-order valence-electron chi connectivity index (χ2n) is 4.78. The maximum absolute atomic E-state index is 11.9. The molecule has 0 aliphatic heterocycles. The average Bonchev–Trinajstić information content (AvgIpc) is 2.17. The summed E-state index contributed by atoms with van der Waals surface area (Å²) in [6.07, 6.45) is 3.33. The number of nitrogens with two attached hydrogens (primary N) is 1. The van der Waals surface area contributed by atoms with Crippen LogP contribution in [-0.2, 0) is 9.84 Å². The summed E-state index contributed by atoms with van der Waals surface area (Å²) in [5.41, 5.74) is 5.66. The van der Waals surface area contributed by atoms with Crippen LogP contribution in [0.3, 0.4) is 0 Å². The predicted octanol–water partition coefficient (Wildman–Crippen LogP) is 1.57. The van der Waals surface area contributed by atoms with Crippen LogP contribution in [0.25, 0.3) is 0 Å². The van der Waals surface area contributed by atoms with Crippen molar-refractivity contribution in [2.75, 3.05) is 12.3 Å². The molecule has 1 aliphatic carbocycles. The van der Waals surface area contributed by atoms with E-state index in [1.165, 1.54) is 0 Å². The van der Waals surface area contributed by atoms with Crippen LogP contribution in [0.1, 0.15) is 39.5 Å². The minimum atomic E-state index is -2.84. The molecule has 3 atom stereocenters. The van der Waals surface area contributed by atoms with E-state index in [0.29, 0.717) is 24.1 Å². The summed E-state index contributed by atoms with van der Waals surface area (Å²) in [7, 11) is -2.84. The van der Waals surface area contributed by atoms with Gasteiger partial charge in [0.2, 0.25) is 0 Å². The van der Waals surface area contributed by atoms with Gasteiger partial charge in [-0.15, -0.1) is 0 Å². The van der Waals surface area contributed by atoms with Crippen molar-refractivity contribution in [1.82, 2.24) is 0 Å². The zero-order chi connectivity index (χ0) is 11.5. The summed E-state index contributed by atoms with van der Waals surface area (Å²) >= 11 is 0. The molecule has 0 saturated heterocycles. The Morgan fingerprint density at radius 1 is 1.33 bits per heavy atom. The topological polar surface area (TPSA) is 60.2 Å². The van der Waals surface area contributed by atoms with Gasteiger partial charge in [-0.3, -0.25) is 0 Å². The highest BCUT2D eigenvalue weighted by Gasteiger charge is 2.33. The molecule has 15 heavy (non-hydrogen) atoms. The molecule has 0 radical (unpaired) electrons. The Morgan fingerprint density at radius 2 is 2.00 bits per heavy atom. The molecular weight excluding hydrogens is 210 g/mol. The van der Waals surface area contributed by atoms with Gasteiger partial charge in [-0.1, -0.05) is 13.8 Å².